The fourth-order valence-electron chi connectivity index (χ4n) is 3.71. The molecule has 1 aliphatic rings. The highest BCUT2D eigenvalue weighted by Gasteiger charge is 2.43. The highest BCUT2D eigenvalue weighted by atomic mass is 32.2. The van der Waals surface area contributed by atoms with Crippen molar-refractivity contribution < 1.29 is 29.0 Å². The molecular weight excluding hydrogens is 482 g/mol. The van der Waals surface area contributed by atoms with Gasteiger partial charge in [0, 0.05) is 17.4 Å². The van der Waals surface area contributed by atoms with E-state index in [0.717, 1.165) is 11.1 Å². The maximum absolute atomic E-state index is 13.3. The number of anilines is 1. The van der Waals surface area contributed by atoms with Crippen molar-refractivity contribution in [1.82, 2.24) is 10.2 Å². The first-order valence-electron chi connectivity index (χ1n) is 11.6. The van der Waals surface area contributed by atoms with Gasteiger partial charge in [-0.2, -0.15) is 0 Å². The molecular formula is C26H30N3O6S-. The van der Waals surface area contributed by atoms with Gasteiger partial charge in [-0.3, -0.25) is 4.79 Å². The first kappa shape index (κ1) is 27.1. The Bertz CT molecular complexity index is 1100. The first-order chi connectivity index (χ1) is 17.0. The average molecular weight is 513 g/mol. The molecule has 9 nitrogen and oxygen atoms in total. The molecule has 3 rings (SSSR count). The number of nitrogens with zero attached hydrogens (tertiary/aromatic N) is 1. The van der Waals surface area contributed by atoms with Crippen LogP contribution in [-0.4, -0.2) is 52.7 Å². The van der Waals surface area contributed by atoms with Crippen LogP contribution in [0.4, 0.5) is 10.5 Å². The van der Waals surface area contributed by atoms with Crippen molar-refractivity contribution in [2.75, 3.05) is 17.6 Å². The van der Waals surface area contributed by atoms with Crippen LogP contribution in [0.15, 0.2) is 54.6 Å². The number of aliphatic carboxylic acids is 1. The normalized spacial score (nSPS) is 17.4. The molecule has 0 radical (unpaired) electrons. The zero-order chi connectivity index (χ0) is 26.3. The van der Waals surface area contributed by atoms with Crippen LogP contribution in [0.1, 0.15) is 43.7 Å². The van der Waals surface area contributed by atoms with Crippen molar-refractivity contribution >= 4 is 41.3 Å². The molecule has 1 aliphatic heterocycles. The van der Waals surface area contributed by atoms with E-state index in [9.17, 15) is 24.3 Å². The lowest BCUT2D eigenvalue weighted by atomic mass is 10.1. The third-order valence-electron chi connectivity index (χ3n) is 5.25. The molecule has 2 atom stereocenters. The summed E-state index contributed by atoms with van der Waals surface area (Å²) >= 11 is 1.47. The summed E-state index contributed by atoms with van der Waals surface area (Å²) in [6, 6.07) is 14.8. The summed E-state index contributed by atoms with van der Waals surface area (Å²) in [5.41, 5.74) is 1.36. The molecule has 1 fully saturated rings. The molecule has 2 aromatic carbocycles. The number of amides is 3. The van der Waals surface area contributed by atoms with Crippen LogP contribution in [0, 0.1) is 0 Å². The molecule has 0 saturated carbocycles. The maximum atomic E-state index is 13.3. The molecule has 0 aliphatic carbocycles. The number of urea groups is 1. The third kappa shape index (κ3) is 7.74. The molecule has 10 heteroatoms. The maximum Gasteiger partial charge on any atom is 0.330 e. The zero-order valence-electron chi connectivity index (χ0n) is 20.5. The molecule has 0 aromatic heterocycles. The summed E-state index contributed by atoms with van der Waals surface area (Å²) in [5, 5.41) is 15.5. The largest absolute Gasteiger partial charge is 0.550 e. The van der Waals surface area contributed by atoms with E-state index in [-0.39, 0.29) is 24.8 Å². The minimum absolute atomic E-state index is 0.126. The van der Waals surface area contributed by atoms with Crippen LogP contribution in [0.5, 0.6) is 0 Å². The van der Waals surface area contributed by atoms with Crippen molar-refractivity contribution in [3.05, 3.63) is 65.7 Å². The molecule has 192 valence electrons. The Morgan fingerprint density at radius 2 is 1.81 bits per heavy atom. The van der Waals surface area contributed by atoms with Crippen molar-refractivity contribution in [3.63, 3.8) is 0 Å². The van der Waals surface area contributed by atoms with E-state index in [1.165, 1.54) is 16.7 Å². The van der Waals surface area contributed by atoms with Gasteiger partial charge in [-0.05, 0) is 56.9 Å². The predicted molar refractivity (Wildman–Crippen MR) is 135 cm³/mol. The van der Waals surface area contributed by atoms with Gasteiger partial charge in [0.15, 0.2) is 0 Å². The van der Waals surface area contributed by atoms with E-state index in [1.807, 2.05) is 30.3 Å². The fourth-order valence-corrected chi connectivity index (χ4v) is 5.15. The molecule has 0 bridgehead atoms. The van der Waals surface area contributed by atoms with Gasteiger partial charge in [0.25, 0.3) is 0 Å². The van der Waals surface area contributed by atoms with Gasteiger partial charge in [-0.15, -0.1) is 11.8 Å². The highest BCUT2D eigenvalue weighted by molar-refractivity contribution is 7.99. The number of ether oxygens (including phenoxy) is 1. The van der Waals surface area contributed by atoms with Crippen molar-refractivity contribution in [3.8, 4) is 0 Å². The number of thioether (sulfide) groups is 1. The molecule has 2 aromatic rings. The van der Waals surface area contributed by atoms with Gasteiger partial charge in [0.1, 0.15) is 17.0 Å². The standard InChI is InChI=1S/C26H31N3O6S/c1-26(2,3)35-24(33)20-16-36-23(18-9-5-4-6-10-18)29(20)21(30)15-27-25(34)28-19-11-7-8-17(14-19)12-13-22(31)32/h4-11,14,20,23H,12-13,15-16H2,1-3H3,(H,31,32)(H2,27,28,34)/p-1. The zero-order valence-corrected chi connectivity index (χ0v) is 21.3. The summed E-state index contributed by atoms with van der Waals surface area (Å²) in [5.74, 6) is -1.67. The lowest BCUT2D eigenvalue weighted by Crippen LogP contribution is -2.49. The van der Waals surface area contributed by atoms with Crippen LogP contribution in [0.25, 0.3) is 0 Å². The van der Waals surface area contributed by atoms with Crippen LogP contribution >= 0.6 is 11.8 Å². The van der Waals surface area contributed by atoms with E-state index in [2.05, 4.69) is 10.6 Å². The number of benzene rings is 2. The Morgan fingerprint density at radius 3 is 2.47 bits per heavy atom. The van der Waals surface area contributed by atoms with Crippen LogP contribution < -0.4 is 15.7 Å². The van der Waals surface area contributed by atoms with Gasteiger partial charge in [-0.1, -0.05) is 42.5 Å². The third-order valence-corrected chi connectivity index (χ3v) is 6.58. The lowest BCUT2D eigenvalue weighted by Gasteiger charge is -2.30. The van der Waals surface area contributed by atoms with Gasteiger partial charge >= 0.3 is 12.0 Å². The van der Waals surface area contributed by atoms with Crippen LogP contribution in [-0.2, 0) is 25.5 Å². The summed E-state index contributed by atoms with van der Waals surface area (Å²) in [6.45, 7) is 4.99. The van der Waals surface area contributed by atoms with E-state index < -0.39 is 35.5 Å². The quantitative estimate of drug-likeness (QED) is 0.520. The highest BCUT2D eigenvalue weighted by Crippen LogP contribution is 2.41. The summed E-state index contributed by atoms with van der Waals surface area (Å²) in [7, 11) is 0. The number of nitrogens with one attached hydrogen (secondary N) is 2. The molecule has 1 heterocycles. The Balaban J connectivity index is 1.67. The van der Waals surface area contributed by atoms with Crippen molar-refractivity contribution in [2.24, 2.45) is 0 Å². The molecule has 0 spiro atoms. The van der Waals surface area contributed by atoms with Gasteiger partial charge in [0.2, 0.25) is 5.91 Å². The lowest BCUT2D eigenvalue weighted by molar-refractivity contribution is -0.305. The molecule has 3 amide bonds. The average Bonchev–Trinajstić information content (AvgIpc) is 3.27. The monoisotopic (exact) mass is 512 g/mol. The number of esters is 1. The van der Waals surface area contributed by atoms with Crippen LogP contribution in [0.3, 0.4) is 0 Å². The molecule has 2 unspecified atom stereocenters. The fraction of sp³-hybridized carbons (Fsp3) is 0.385. The van der Waals surface area contributed by atoms with E-state index in [4.69, 9.17) is 4.74 Å². The second-order valence-corrected chi connectivity index (χ2v) is 10.4. The minimum atomic E-state index is -1.15. The van der Waals surface area contributed by atoms with E-state index in [0.29, 0.717) is 11.4 Å². The van der Waals surface area contributed by atoms with Gasteiger partial charge in [-0.25, -0.2) is 9.59 Å². The Morgan fingerprint density at radius 1 is 1.08 bits per heavy atom. The van der Waals surface area contributed by atoms with Gasteiger partial charge in [0.05, 0.1) is 6.54 Å². The number of carboxylic acids is 1. The SMILES string of the molecule is CC(C)(C)OC(=O)C1CSC(c2ccccc2)N1C(=O)CNC(=O)Nc1cccc(CCC(=O)[O-])c1. The molecule has 2 N–H and O–H groups in total. The summed E-state index contributed by atoms with van der Waals surface area (Å²) in [6.07, 6.45) is 0.150. The van der Waals surface area contributed by atoms with E-state index >= 15 is 0 Å². The molecule has 36 heavy (non-hydrogen) atoms. The number of carbonyl (C=O) groups is 4. The van der Waals surface area contributed by atoms with Crippen LogP contribution in [0.2, 0.25) is 0 Å². The second-order valence-electron chi connectivity index (χ2n) is 9.33. The number of hydrogen-bond donors (Lipinski definition) is 2. The Labute approximate surface area is 214 Å². The van der Waals surface area contributed by atoms with Crippen molar-refractivity contribution in [1.29, 1.82) is 0 Å². The first-order valence-corrected chi connectivity index (χ1v) is 12.6. The number of hydrogen-bond acceptors (Lipinski definition) is 7. The topological polar surface area (TPSA) is 128 Å². The van der Waals surface area contributed by atoms with Gasteiger partial charge < -0.3 is 30.2 Å². The predicted octanol–water partition coefficient (Wildman–Crippen LogP) is 2.48. The minimum Gasteiger partial charge on any atom is -0.550 e. The smallest absolute Gasteiger partial charge is 0.330 e. The summed E-state index contributed by atoms with van der Waals surface area (Å²) < 4.78 is 5.55. The molecule has 1 saturated heterocycles. The number of carboxylic acid groups (broad SMARTS) is 1. The number of rotatable bonds is 8. The van der Waals surface area contributed by atoms with Crippen molar-refractivity contribution in [2.45, 2.75) is 50.6 Å². The number of carbonyl (C=O) groups excluding carboxylic acids is 4. The summed E-state index contributed by atoms with van der Waals surface area (Å²) in [4.78, 5) is 50.8. The number of aryl methyl sites for hydroxylation is 1. The Kier molecular flexibility index (Phi) is 8.98. The Hall–Kier alpha value is -3.53. The second kappa shape index (κ2) is 11.9. The van der Waals surface area contributed by atoms with E-state index in [1.54, 1.807) is 45.0 Å².